The monoisotopic (exact) mass is 358 g/mol. The van der Waals surface area contributed by atoms with E-state index in [2.05, 4.69) is 23.1 Å². The molecule has 1 aromatic carbocycles. The molecule has 0 aliphatic carbocycles. The van der Waals surface area contributed by atoms with E-state index in [1.54, 1.807) is 0 Å². The van der Waals surface area contributed by atoms with E-state index in [4.69, 9.17) is 18.9 Å². The number of hydrogen-bond acceptors (Lipinski definition) is 6. The number of hydrogen-bond donors (Lipinski definition) is 0. The Morgan fingerprint density at radius 2 is 1.73 bits per heavy atom. The SMILES string of the molecule is CC1(C)O[C@@H]2[C@H](O1)[C@H](C#N)N(Cc1ccccc1)[C@H]2[C@H]1COC(C)(C)O1. The average Bonchev–Trinajstić information content (AvgIpc) is 3.16. The second-order valence-corrected chi connectivity index (χ2v) is 8.15. The van der Waals surface area contributed by atoms with Crippen LogP contribution in [0.4, 0.5) is 0 Å². The molecule has 3 fully saturated rings. The second-order valence-electron chi connectivity index (χ2n) is 8.15. The molecule has 3 saturated heterocycles. The van der Waals surface area contributed by atoms with Crippen molar-refractivity contribution in [2.24, 2.45) is 0 Å². The quantitative estimate of drug-likeness (QED) is 0.827. The zero-order valence-corrected chi connectivity index (χ0v) is 15.7. The van der Waals surface area contributed by atoms with Gasteiger partial charge in [-0.2, -0.15) is 5.26 Å². The largest absolute Gasteiger partial charge is 0.348 e. The maximum atomic E-state index is 9.90. The van der Waals surface area contributed by atoms with Crippen LogP contribution in [-0.2, 0) is 25.5 Å². The topological polar surface area (TPSA) is 64.0 Å². The zero-order chi connectivity index (χ0) is 18.5. The highest BCUT2D eigenvalue weighted by Crippen LogP contribution is 2.44. The number of fused-ring (bicyclic) bond motifs is 1. The van der Waals surface area contributed by atoms with Gasteiger partial charge in [0.25, 0.3) is 0 Å². The summed E-state index contributed by atoms with van der Waals surface area (Å²) >= 11 is 0. The summed E-state index contributed by atoms with van der Waals surface area (Å²) in [7, 11) is 0. The Hall–Kier alpha value is -1.49. The van der Waals surface area contributed by atoms with Crippen LogP contribution in [0.15, 0.2) is 30.3 Å². The summed E-state index contributed by atoms with van der Waals surface area (Å²) in [5.74, 6) is -1.32. The first-order chi connectivity index (χ1) is 12.3. The Morgan fingerprint density at radius 1 is 1.04 bits per heavy atom. The van der Waals surface area contributed by atoms with E-state index in [-0.39, 0.29) is 30.4 Å². The van der Waals surface area contributed by atoms with Crippen LogP contribution in [0.2, 0.25) is 0 Å². The fraction of sp³-hybridized carbons (Fsp3) is 0.650. The molecule has 0 radical (unpaired) electrons. The predicted molar refractivity (Wildman–Crippen MR) is 93.9 cm³/mol. The third kappa shape index (κ3) is 3.15. The minimum Gasteiger partial charge on any atom is -0.348 e. The van der Waals surface area contributed by atoms with E-state index in [1.165, 1.54) is 0 Å². The van der Waals surface area contributed by atoms with E-state index in [0.717, 1.165) is 5.56 Å². The van der Waals surface area contributed by atoms with Gasteiger partial charge >= 0.3 is 0 Å². The minimum absolute atomic E-state index is 0.103. The minimum atomic E-state index is -0.698. The first-order valence-corrected chi connectivity index (χ1v) is 9.16. The highest BCUT2D eigenvalue weighted by atomic mass is 16.8. The van der Waals surface area contributed by atoms with E-state index in [1.807, 2.05) is 45.9 Å². The molecule has 1 aromatic rings. The summed E-state index contributed by atoms with van der Waals surface area (Å²) in [4.78, 5) is 2.16. The van der Waals surface area contributed by atoms with E-state index < -0.39 is 11.6 Å². The molecule has 3 aliphatic heterocycles. The van der Waals surface area contributed by atoms with Crippen molar-refractivity contribution in [2.45, 2.75) is 76.2 Å². The second kappa shape index (κ2) is 6.29. The van der Waals surface area contributed by atoms with Gasteiger partial charge in [-0.25, -0.2) is 0 Å². The van der Waals surface area contributed by atoms with Crippen molar-refractivity contribution in [1.29, 1.82) is 5.26 Å². The normalized spacial score (nSPS) is 38.2. The van der Waals surface area contributed by atoms with Crippen molar-refractivity contribution in [3.05, 3.63) is 35.9 Å². The molecule has 3 aliphatic rings. The third-order valence-electron chi connectivity index (χ3n) is 5.30. The molecule has 140 valence electrons. The molecule has 5 atom stereocenters. The van der Waals surface area contributed by atoms with Crippen molar-refractivity contribution in [1.82, 2.24) is 4.90 Å². The molecule has 0 unspecified atom stereocenters. The van der Waals surface area contributed by atoms with Gasteiger partial charge in [-0.1, -0.05) is 30.3 Å². The van der Waals surface area contributed by atoms with Gasteiger partial charge in [-0.3, -0.25) is 4.90 Å². The first-order valence-electron chi connectivity index (χ1n) is 9.16. The van der Waals surface area contributed by atoms with E-state index in [9.17, 15) is 5.26 Å². The predicted octanol–water partition coefficient (Wildman–Crippen LogP) is 2.43. The van der Waals surface area contributed by atoms with Crippen LogP contribution in [0.3, 0.4) is 0 Å². The fourth-order valence-electron chi connectivity index (χ4n) is 4.34. The molecule has 26 heavy (non-hydrogen) atoms. The molecule has 4 rings (SSSR count). The van der Waals surface area contributed by atoms with Crippen LogP contribution in [0, 0.1) is 11.3 Å². The summed E-state index contributed by atoms with van der Waals surface area (Å²) < 4.78 is 24.3. The molecule has 0 amide bonds. The summed E-state index contributed by atoms with van der Waals surface area (Å²) in [6.07, 6.45) is -0.686. The highest BCUT2D eigenvalue weighted by molar-refractivity contribution is 5.20. The van der Waals surface area contributed by atoms with Gasteiger partial charge in [0, 0.05) is 6.54 Å². The maximum Gasteiger partial charge on any atom is 0.163 e. The van der Waals surface area contributed by atoms with Gasteiger partial charge in [0.2, 0.25) is 0 Å². The summed E-state index contributed by atoms with van der Waals surface area (Å²) in [5.41, 5.74) is 1.15. The summed E-state index contributed by atoms with van der Waals surface area (Å²) in [5, 5.41) is 9.90. The Bertz CT molecular complexity index is 700. The van der Waals surface area contributed by atoms with Crippen molar-refractivity contribution in [3.8, 4) is 6.07 Å². The lowest BCUT2D eigenvalue weighted by Crippen LogP contribution is -2.49. The molecule has 0 saturated carbocycles. The van der Waals surface area contributed by atoms with Crippen molar-refractivity contribution in [3.63, 3.8) is 0 Å². The fourth-order valence-corrected chi connectivity index (χ4v) is 4.34. The third-order valence-corrected chi connectivity index (χ3v) is 5.30. The molecular weight excluding hydrogens is 332 g/mol. The molecule has 0 aromatic heterocycles. The molecule has 0 N–H and O–H groups in total. The van der Waals surface area contributed by atoms with E-state index >= 15 is 0 Å². The number of likely N-dealkylation sites (tertiary alicyclic amines) is 1. The summed E-state index contributed by atoms with van der Waals surface area (Å²) in [6.45, 7) is 8.75. The Labute approximate surface area is 154 Å². The number of nitrogens with zero attached hydrogens (tertiary/aromatic N) is 2. The standard InChI is InChI=1S/C20H26N2O4/c1-19(2)23-12-15(24-19)16-18-17(25-20(3,4)26-18)14(10-21)22(16)11-13-8-6-5-7-9-13/h5-9,14-18H,11-12H2,1-4H3/t14-,15+,16-,17+,18-/m0/s1. The van der Waals surface area contributed by atoms with Gasteiger partial charge in [-0.05, 0) is 33.3 Å². The molecule has 0 bridgehead atoms. The van der Waals surface area contributed by atoms with Gasteiger partial charge in [0.05, 0.1) is 18.7 Å². The van der Waals surface area contributed by atoms with Gasteiger partial charge < -0.3 is 18.9 Å². The van der Waals surface area contributed by atoms with Gasteiger partial charge in [-0.15, -0.1) is 0 Å². The zero-order valence-electron chi connectivity index (χ0n) is 15.7. The van der Waals surface area contributed by atoms with Crippen LogP contribution >= 0.6 is 0 Å². The lowest BCUT2D eigenvalue weighted by atomic mass is 10.0. The number of rotatable bonds is 3. The molecule has 3 heterocycles. The lowest BCUT2D eigenvalue weighted by Gasteiger charge is -2.34. The molecule has 6 nitrogen and oxygen atoms in total. The van der Waals surface area contributed by atoms with Gasteiger partial charge in [0.15, 0.2) is 11.6 Å². The van der Waals surface area contributed by atoms with Crippen LogP contribution in [0.5, 0.6) is 0 Å². The summed E-state index contributed by atoms with van der Waals surface area (Å²) in [6, 6.07) is 12.1. The van der Waals surface area contributed by atoms with Crippen LogP contribution < -0.4 is 0 Å². The van der Waals surface area contributed by atoms with Crippen molar-refractivity contribution in [2.75, 3.05) is 6.61 Å². The Kier molecular flexibility index (Phi) is 4.33. The Morgan fingerprint density at radius 3 is 2.35 bits per heavy atom. The van der Waals surface area contributed by atoms with Gasteiger partial charge in [0.1, 0.15) is 24.4 Å². The molecular formula is C20H26N2O4. The van der Waals surface area contributed by atoms with Crippen LogP contribution in [0.1, 0.15) is 33.3 Å². The smallest absolute Gasteiger partial charge is 0.163 e. The Balaban J connectivity index is 1.66. The van der Waals surface area contributed by atoms with Crippen LogP contribution in [-0.4, -0.2) is 53.5 Å². The highest BCUT2D eigenvalue weighted by Gasteiger charge is 2.61. The maximum absolute atomic E-state index is 9.90. The van der Waals surface area contributed by atoms with Crippen LogP contribution in [0.25, 0.3) is 0 Å². The number of nitriles is 1. The first kappa shape index (κ1) is 17.9. The average molecular weight is 358 g/mol. The van der Waals surface area contributed by atoms with Crippen molar-refractivity contribution < 1.29 is 18.9 Å². The lowest BCUT2D eigenvalue weighted by molar-refractivity contribution is -0.181. The van der Waals surface area contributed by atoms with Crippen molar-refractivity contribution >= 4 is 0 Å². The van der Waals surface area contributed by atoms with E-state index in [0.29, 0.717) is 13.2 Å². The number of ether oxygens (including phenoxy) is 4. The molecule has 6 heteroatoms. The molecule has 0 spiro atoms. The number of benzene rings is 1.